The average Bonchev–Trinajstić information content (AvgIpc) is 1.78. The van der Waals surface area contributed by atoms with Crippen LogP contribution < -0.4 is 0 Å². The Hall–Kier alpha value is 0.610. The fraction of sp³-hybridized carbons (Fsp3) is 0.714. The SMILES string of the molecule is CCCC/C=C\C(Cl)(Cl)Cl. The van der Waals surface area contributed by atoms with Gasteiger partial charge in [0.2, 0.25) is 3.79 Å². The van der Waals surface area contributed by atoms with Crippen molar-refractivity contribution in [3.63, 3.8) is 0 Å². The molecule has 10 heavy (non-hydrogen) atoms. The summed E-state index contributed by atoms with van der Waals surface area (Å²) in [5, 5.41) is 0. The quantitative estimate of drug-likeness (QED) is 0.366. The fourth-order valence-electron chi connectivity index (χ4n) is 0.539. The summed E-state index contributed by atoms with van der Waals surface area (Å²) in [7, 11) is 0. The fourth-order valence-corrected chi connectivity index (χ4v) is 0.806. The van der Waals surface area contributed by atoms with Crippen LogP contribution in [0.4, 0.5) is 0 Å². The van der Waals surface area contributed by atoms with Gasteiger partial charge in [0.15, 0.2) is 0 Å². The van der Waals surface area contributed by atoms with Crippen LogP contribution in [0, 0.1) is 0 Å². The lowest BCUT2D eigenvalue weighted by Crippen LogP contribution is -1.93. The highest BCUT2D eigenvalue weighted by atomic mass is 35.6. The third kappa shape index (κ3) is 8.61. The van der Waals surface area contributed by atoms with Gasteiger partial charge in [-0.3, -0.25) is 0 Å². The van der Waals surface area contributed by atoms with Crippen LogP contribution in [0.1, 0.15) is 26.2 Å². The second kappa shape index (κ2) is 5.29. The number of alkyl halides is 3. The van der Waals surface area contributed by atoms with E-state index in [4.69, 9.17) is 34.8 Å². The molecule has 0 saturated carbocycles. The highest BCUT2D eigenvalue weighted by molar-refractivity contribution is 6.68. The Labute approximate surface area is 77.1 Å². The Morgan fingerprint density at radius 2 is 1.90 bits per heavy atom. The first-order valence-corrected chi connectivity index (χ1v) is 4.44. The lowest BCUT2D eigenvalue weighted by molar-refractivity contribution is 0.813. The number of hydrogen-bond donors (Lipinski definition) is 0. The van der Waals surface area contributed by atoms with Crippen LogP contribution in [0.3, 0.4) is 0 Å². The molecule has 0 N–H and O–H groups in total. The van der Waals surface area contributed by atoms with Gasteiger partial charge in [-0.15, -0.1) is 0 Å². The van der Waals surface area contributed by atoms with Crippen molar-refractivity contribution in [2.24, 2.45) is 0 Å². The number of unbranched alkanes of at least 4 members (excludes halogenated alkanes) is 2. The first kappa shape index (κ1) is 10.6. The molecule has 0 aliphatic carbocycles. The van der Waals surface area contributed by atoms with E-state index in [1.807, 2.05) is 6.08 Å². The van der Waals surface area contributed by atoms with Crippen molar-refractivity contribution in [1.82, 2.24) is 0 Å². The molecule has 0 heterocycles. The van der Waals surface area contributed by atoms with Crippen LogP contribution in [-0.2, 0) is 0 Å². The van der Waals surface area contributed by atoms with Crippen molar-refractivity contribution in [3.05, 3.63) is 12.2 Å². The second-order valence-corrected chi connectivity index (χ2v) is 4.46. The number of halogens is 3. The minimum atomic E-state index is -1.21. The molecule has 0 aliphatic heterocycles. The van der Waals surface area contributed by atoms with Gasteiger partial charge < -0.3 is 0 Å². The zero-order valence-corrected chi connectivity index (χ0v) is 8.18. The molecule has 0 nitrogen and oxygen atoms in total. The third-order valence-electron chi connectivity index (χ3n) is 1.03. The zero-order chi connectivity index (χ0) is 8.04. The van der Waals surface area contributed by atoms with Crippen molar-refractivity contribution in [2.75, 3.05) is 0 Å². The van der Waals surface area contributed by atoms with E-state index in [0.717, 1.165) is 12.8 Å². The molecule has 0 aromatic rings. The topological polar surface area (TPSA) is 0 Å². The molecular weight excluding hydrogens is 190 g/mol. The molecule has 0 rings (SSSR count). The molecule has 0 amide bonds. The molecular formula is C7H11Cl3. The van der Waals surface area contributed by atoms with Crippen molar-refractivity contribution >= 4 is 34.8 Å². The minimum absolute atomic E-state index is 0.990. The van der Waals surface area contributed by atoms with E-state index >= 15 is 0 Å². The highest BCUT2D eigenvalue weighted by Crippen LogP contribution is 2.27. The monoisotopic (exact) mass is 200 g/mol. The van der Waals surface area contributed by atoms with Crippen LogP contribution in [-0.4, -0.2) is 3.79 Å². The molecule has 0 spiro atoms. The Kier molecular flexibility index (Phi) is 5.61. The number of hydrogen-bond acceptors (Lipinski definition) is 0. The van der Waals surface area contributed by atoms with E-state index in [1.165, 1.54) is 6.42 Å². The maximum absolute atomic E-state index is 5.46. The Morgan fingerprint density at radius 3 is 2.30 bits per heavy atom. The van der Waals surface area contributed by atoms with Gasteiger partial charge in [0, 0.05) is 0 Å². The predicted octanol–water partition coefficient (Wildman–Crippen LogP) is 4.10. The molecule has 0 aliphatic rings. The summed E-state index contributed by atoms with van der Waals surface area (Å²) >= 11 is 16.4. The third-order valence-corrected chi connectivity index (χ3v) is 1.41. The first-order valence-electron chi connectivity index (χ1n) is 3.30. The van der Waals surface area contributed by atoms with Gasteiger partial charge in [0.25, 0.3) is 0 Å². The van der Waals surface area contributed by atoms with Crippen LogP contribution in [0.2, 0.25) is 0 Å². The molecule has 0 fully saturated rings. The summed E-state index contributed by atoms with van der Waals surface area (Å²) in [5.41, 5.74) is 0. The van der Waals surface area contributed by atoms with Gasteiger partial charge in [-0.1, -0.05) is 60.6 Å². The molecule has 3 heteroatoms. The van der Waals surface area contributed by atoms with Crippen molar-refractivity contribution in [3.8, 4) is 0 Å². The van der Waals surface area contributed by atoms with E-state index in [2.05, 4.69) is 6.92 Å². The Morgan fingerprint density at radius 1 is 1.30 bits per heavy atom. The highest BCUT2D eigenvalue weighted by Gasteiger charge is 2.12. The van der Waals surface area contributed by atoms with Crippen LogP contribution in [0.15, 0.2) is 12.2 Å². The second-order valence-electron chi connectivity index (χ2n) is 2.09. The molecule has 0 atom stereocenters. The van der Waals surface area contributed by atoms with E-state index < -0.39 is 3.79 Å². The summed E-state index contributed by atoms with van der Waals surface area (Å²) in [6.45, 7) is 2.13. The van der Waals surface area contributed by atoms with Crippen LogP contribution >= 0.6 is 34.8 Å². The largest absolute Gasteiger partial charge is 0.209 e. The van der Waals surface area contributed by atoms with Crippen molar-refractivity contribution < 1.29 is 0 Å². The first-order chi connectivity index (χ1) is 4.56. The lowest BCUT2D eigenvalue weighted by atomic mass is 10.2. The predicted molar refractivity (Wildman–Crippen MR) is 49.0 cm³/mol. The maximum Gasteiger partial charge on any atom is 0.209 e. The summed E-state index contributed by atoms with van der Waals surface area (Å²) in [6, 6.07) is 0. The van der Waals surface area contributed by atoms with Gasteiger partial charge in [0.1, 0.15) is 0 Å². The van der Waals surface area contributed by atoms with Crippen LogP contribution in [0.25, 0.3) is 0 Å². The molecule has 0 aromatic heterocycles. The molecule has 0 aromatic carbocycles. The lowest BCUT2D eigenvalue weighted by Gasteiger charge is -2.01. The number of rotatable bonds is 3. The smallest absolute Gasteiger partial charge is 0.0843 e. The van der Waals surface area contributed by atoms with Crippen LogP contribution in [0.5, 0.6) is 0 Å². The van der Waals surface area contributed by atoms with Gasteiger partial charge >= 0.3 is 0 Å². The molecule has 0 unspecified atom stereocenters. The van der Waals surface area contributed by atoms with Crippen molar-refractivity contribution in [2.45, 2.75) is 30.0 Å². The summed E-state index contributed by atoms with van der Waals surface area (Å²) in [6.07, 6.45) is 6.80. The van der Waals surface area contributed by atoms with E-state index in [1.54, 1.807) is 6.08 Å². The standard InChI is InChI=1S/C7H11Cl3/c1-2-3-4-5-6-7(8,9)10/h5-6H,2-4H2,1H3/b6-5-. The maximum atomic E-state index is 5.46. The number of allylic oxidation sites excluding steroid dienone is 2. The van der Waals surface area contributed by atoms with E-state index in [0.29, 0.717) is 0 Å². The van der Waals surface area contributed by atoms with Gasteiger partial charge in [0.05, 0.1) is 0 Å². The Bertz CT molecular complexity index is 102. The zero-order valence-electron chi connectivity index (χ0n) is 5.91. The molecule has 0 saturated heterocycles. The molecule has 60 valence electrons. The Balaban J connectivity index is 3.37. The summed E-state index contributed by atoms with van der Waals surface area (Å²) < 4.78 is -1.21. The average molecular weight is 202 g/mol. The van der Waals surface area contributed by atoms with E-state index in [9.17, 15) is 0 Å². The van der Waals surface area contributed by atoms with E-state index in [-0.39, 0.29) is 0 Å². The molecule has 0 bridgehead atoms. The minimum Gasteiger partial charge on any atom is -0.0843 e. The van der Waals surface area contributed by atoms with Gasteiger partial charge in [-0.05, 0) is 12.5 Å². The van der Waals surface area contributed by atoms with Gasteiger partial charge in [-0.2, -0.15) is 0 Å². The summed E-state index contributed by atoms with van der Waals surface area (Å²) in [4.78, 5) is 0. The van der Waals surface area contributed by atoms with Crippen molar-refractivity contribution in [1.29, 1.82) is 0 Å². The molecule has 0 radical (unpaired) electrons. The van der Waals surface area contributed by atoms with Gasteiger partial charge in [-0.25, -0.2) is 0 Å². The summed E-state index contributed by atoms with van der Waals surface area (Å²) in [5.74, 6) is 0. The normalized spacial score (nSPS) is 12.8.